The second-order valence-electron chi connectivity index (χ2n) is 11.5. The molecule has 9 heteroatoms. The Labute approximate surface area is 303 Å². The third kappa shape index (κ3) is 34.8. The molecular formula is C41H65O8P. The van der Waals surface area contributed by atoms with Gasteiger partial charge < -0.3 is 14.4 Å². The van der Waals surface area contributed by atoms with Crippen LogP contribution < -0.4 is 0 Å². The molecule has 0 bridgehead atoms. The molecule has 0 aliphatic heterocycles. The molecule has 50 heavy (non-hydrogen) atoms. The first-order valence-electron chi connectivity index (χ1n) is 18.5. The topological polar surface area (TPSA) is 108 Å². The van der Waals surface area contributed by atoms with Gasteiger partial charge in [-0.1, -0.05) is 130 Å². The number of phosphoric acid groups is 1. The van der Waals surface area contributed by atoms with Gasteiger partial charge in [-0.25, -0.2) is 4.57 Å². The van der Waals surface area contributed by atoms with Crippen molar-refractivity contribution in [3.05, 3.63) is 97.2 Å². The number of hydrogen-bond donors (Lipinski definition) is 1. The zero-order valence-corrected chi connectivity index (χ0v) is 31.9. The van der Waals surface area contributed by atoms with Crippen molar-refractivity contribution in [2.75, 3.05) is 19.8 Å². The minimum atomic E-state index is -4.31. The van der Waals surface area contributed by atoms with Crippen molar-refractivity contribution < 1.29 is 37.6 Å². The average molecular weight is 717 g/mol. The van der Waals surface area contributed by atoms with E-state index in [1.54, 1.807) is 13.0 Å². The Balaban J connectivity index is 4.36. The van der Waals surface area contributed by atoms with E-state index in [0.29, 0.717) is 12.8 Å². The lowest BCUT2D eigenvalue weighted by Gasteiger charge is -2.19. The van der Waals surface area contributed by atoms with Crippen molar-refractivity contribution in [3.63, 3.8) is 0 Å². The first-order valence-corrected chi connectivity index (χ1v) is 20.0. The van der Waals surface area contributed by atoms with E-state index >= 15 is 0 Å². The molecule has 0 aromatic rings. The molecule has 0 radical (unpaired) electrons. The third-order valence-corrected chi connectivity index (χ3v) is 7.98. The molecule has 1 N–H and O–H groups in total. The van der Waals surface area contributed by atoms with Gasteiger partial charge in [-0.2, -0.15) is 0 Å². The Morgan fingerprint density at radius 3 is 1.54 bits per heavy atom. The van der Waals surface area contributed by atoms with Gasteiger partial charge in [-0.3, -0.25) is 18.6 Å². The largest absolute Gasteiger partial charge is 0.472 e. The standard InChI is InChI=1S/C41H65O8P/c1-4-7-9-11-13-15-17-19-21-23-25-27-29-31-33-35-40(42)46-37-39(38-48-50(44,45)47-6-3)49-41(43)36-34-32-30-28-26-24-22-20-18-16-14-12-10-8-5-2/h7-10,13-16,19-22,26,28,32,34,39H,4-6,11-12,17-18,23-25,27,29-31,33,35-38H2,1-3H3,(H,44,45)/b9-7-,10-8-,15-13-,16-14-,21-19-,22-20-,28-26-,34-32-. The van der Waals surface area contributed by atoms with Crippen LogP contribution in [0.15, 0.2) is 97.2 Å². The van der Waals surface area contributed by atoms with Gasteiger partial charge in [0.2, 0.25) is 0 Å². The highest BCUT2D eigenvalue weighted by Gasteiger charge is 2.25. The summed E-state index contributed by atoms with van der Waals surface area (Å²) >= 11 is 0. The molecule has 0 amide bonds. The van der Waals surface area contributed by atoms with Crippen LogP contribution in [0.5, 0.6) is 0 Å². The number of allylic oxidation sites excluding steroid dienone is 15. The van der Waals surface area contributed by atoms with Crippen LogP contribution in [0, 0.1) is 0 Å². The van der Waals surface area contributed by atoms with Gasteiger partial charge in [0.05, 0.1) is 19.6 Å². The molecule has 0 aromatic heterocycles. The average Bonchev–Trinajstić information content (AvgIpc) is 3.09. The van der Waals surface area contributed by atoms with Gasteiger partial charge in [0.25, 0.3) is 0 Å². The molecule has 0 saturated carbocycles. The van der Waals surface area contributed by atoms with Crippen LogP contribution in [-0.4, -0.2) is 42.8 Å². The van der Waals surface area contributed by atoms with E-state index in [4.69, 9.17) is 18.5 Å². The quantitative estimate of drug-likeness (QED) is 0.0317. The maximum Gasteiger partial charge on any atom is 0.472 e. The van der Waals surface area contributed by atoms with Crippen molar-refractivity contribution in [2.24, 2.45) is 0 Å². The summed E-state index contributed by atoms with van der Waals surface area (Å²) in [7, 11) is -4.31. The molecule has 282 valence electrons. The smallest absolute Gasteiger partial charge is 0.462 e. The van der Waals surface area contributed by atoms with E-state index in [0.717, 1.165) is 77.0 Å². The molecular weight excluding hydrogens is 651 g/mol. The van der Waals surface area contributed by atoms with Gasteiger partial charge in [-0.15, -0.1) is 0 Å². The molecule has 2 atom stereocenters. The second kappa shape index (κ2) is 35.8. The van der Waals surface area contributed by atoms with Crippen LogP contribution in [0.3, 0.4) is 0 Å². The fourth-order valence-corrected chi connectivity index (χ4v) is 5.06. The lowest BCUT2D eigenvalue weighted by atomic mass is 10.1. The van der Waals surface area contributed by atoms with E-state index in [-0.39, 0.29) is 26.1 Å². The Morgan fingerprint density at radius 2 is 1.02 bits per heavy atom. The molecule has 0 spiro atoms. The van der Waals surface area contributed by atoms with Crippen molar-refractivity contribution >= 4 is 19.8 Å². The summed E-state index contributed by atoms with van der Waals surface area (Å²) < 4.78 is 32.3. The summed E-state index contributed by atoms with van der Waals surface area (Å²) in [5, 5.41) is 0. The second-order valence-corrected chi connectivity index (χ2v) is 12.9. The molecule has 0 fully saturated rings. The van der Waals surface area contributed by atoms with Crippen LogP contribution in [0.1, 0.15) is 124 Å². The fraction of sp³-hybridized carbons (Fsp3) is 0.561. The zero-order valence-electron chi connectivity index (χ0n) is 31.0. The van der Waals surface area contributed by atoms with Gasteiger partial charge in [-0.05, 0) is 77.6 Å². The van der Waals surface area contributed by atoms with Crippen molar-refractivity contribution in [3.8, 4) is 0 Å². The fourth-order valence-electron chi connectivity index (χ4n) is 4.30. The predicted octanol–water partition coefficient (Wildman–Crippen LogP) is 11.3. The number of phosphoric ester groups is 1. The normalized spacial score (nSPS) is 14.6. The minimum Gasteiger partial charge on any atom is -0.462 e. The van der Waals surface area contributed by atoms with Gasteiger partial charge in [0.1, 0.15) is 6.61 Å². The number of unbranched alkanes of at least 4 members (excludes halogenated alkanes) is 5. The van der Waals surface area contributed by atoms with Crippen LogP contribution >= 0.6 is 7.82 Å². The first kappa shape index (κ1) is 47.0. The summed E-state index contributed by atoms with van der Waals surface area (Å²) in [6.07, 6.45) is 46.3. The summed E-state index contributed by atoms with van der Waals surface area (Å²) in [4.78, 5) is 34.5. The number of rotatable bonds is 32. The maximum atomic E-state index is 12.4. The van der Waals surface area contributed by atoms with Crippen LogP contribution in [0.25, 0.3) is 0 Å². The zero-order chi connectivity index (χ0) is 36.8. The third-order valence-electron chi connectivity index (χ3n) is 6.92. The van der Waals surface area contributed by atoms with Crippen LogP contribution in [0.4, 0.5) is 0 Å². The van der Waals surface area contributed by atoms with Gasteiger partial charge in [0, 0.05) is 6.42 Å². The molecule has 0 rings (SSSR count). The molecule has 0 heterocycles. The molecule has 2 unspecified atom stereocenters. The lowest BCUT2D eigenvalue weighted by Crippen LogP contribution is -2.29. The van der Waals surface area contributed by atoms with E-state index in [1.165, 1.54) is 0 Å². The SMILES string of the molecule is CC/C=C\C/C=C\C/C=C\C/C=C\C/C=C\CC(=O)OC(COC(=O)CCCCCCC/C=C\C/C=C\C/C=C\CC)COP(=O)(O)OCC. The monoisotopic (exact) mass is 716 g/mol. The summed E-state index contributed by atoms with van der Waals surface area (Å²) in [5.41, 5.74) is 0. The first-order chi connectivity index (χ1) is 24.3. The Kier molecular flexibility index (Phi) is 33.6. The lowest BCUT2D eigenvalue weighted by molar-refractivity contribution is -0.160. The number of carbonyl (C=O) groups is 2. The highest BCUT2D eigenvalue weighted by Crippen LogP contribution is 2.43. The van der Waals surface area contributed by atoms with E-state index in [2.05, 4.69) is 92.8 Å². The van der Waals surface area contributed by atoms with Gasteiger partial charge in [0.15, 0.2) is 6.10 Å². The molecule has 0 saturated heterocycles. The predicted molar refractivity (Wildman–Crippen MR) is 207 cm³/mol. The van der Waals surface area contributed by atoms with Crippen molar-refractivity contribution in [1.82, 2.24) is 0 Å². The highest BCUT2D eigenvalue weighted by atomic mass is 31.2. The number of hydrogen-bond acceptors (Lipinski definition) is 7. The minimum absolute atomic E-state index is 0.00396. The van der Waals surface area contributed by atoms with E-state index in [1.807, 2.05) is 12.2 Å². The van der Waals surface area contributed by atoms with E-state index < -0.39 is 32.5 Å². The Bertz CT molecular complexity index is 1130. The molecule has 0 aliphatic rings. The Hall–Kier alpha value is -3.03. The molecule has 8 nitrogen and oxygen atoms in total. The van der Waals surface area contributed by atoms with Crippen LogP contribution in [0.2, 0.25) is 0 Å². The molecule has 0 aliphatic carbocycles. The summed E-state index contributed by atoms with van der Waals surface area (Å²) in [6.45, 7) is 5.07. The number of esters is 2. The molecule has 0 aromatic carbocycles. The highest BCUT2D eigenvalue weighted by molar-refractivity contribution is 7.47. The Morgan fingerprint density at radius 1 is 0.560 bits per heavy atom. The van der Waals surface area contributed by atoms with Crippen molar-refractivity contribution in [1.29, 1.82) is 0 Å². The van der Waals surface area contributed by atoms with Gasteiger partial charge >= 0.3 is 19.8 Å². The number of ether oxygens (including phenoxy) is 2. The number of carbonyl (C=O) groups excluding carboxylic acids is 2. The maximum absolute atomic E-state index is 12.4. The van der Waals surface area contributed by atoms with Crippen molar-refractivity contribution in [2.45, 2.75) is 130 Å². The van der Waals surface area contributed by atoms with E-state index in [9.17, 15) is 19.0 Å². The van der Waals surface area contributed by atoms with Crippen LogP contribution in [-0.2, 0) is 32.7 Å². The summed E-state index contributed by atoms with van der Waals surface area (Å²) in [5.74, 6) is -0.978. The summed E-state index contributed by atoms with van der Waals surface area (Å²) in [6, 6.07) is 0.